The number of methoxy groups -OCH3 is 2. The van der Waals surface area contributed by atoms with E-state index in [1.54, 1.807) is 44.6 Å². The lowest BCUT2D eigenvalue weighted by atomic mass is 10.3. The van der Waals surface area contributed by atoms with Gasteiger partial charge in [-0.25, -0.2) is 9.97 Å². The van der Waals surface area contributed by atoms with Gasteiger partial charge >= 0.3 is 0 Å². The molecule has 7 heteroatoms. The molecule has 0 atom stereocenters. The maximum Gasteiger partial charge on any atom is 0.274 e. The smallest absolute Gasteiger partial charge is 0.274 e. The number of nitrogens with zero attached hydrogens (tertiary/aromatic N) is 2. The second kappa shape index (κ2) is 8.70. The van der Waals surface area contributed by atoms with Crippen LogP contribution < -0.4 is 15.4 Å². The molecule has 1 aromatic heterocycles. The Morgan fingerprint density at radius 1 is 1.17 bits per heavy atom. The van der Waals surface area contributed by atoms with Crippen molar-refractivity contribution in [2.45, 2.75) is 6.42 Å². The fourth-order valence-electron chi connectivity index (χ4n) is 1.88. The summed E-state index contributed by atoms with van der Waals surface area (Å²) < 4.78 is 10.1. The van der Waals surface area contributed by atoms with E-state index in [1.165, 1.54) is 6.33 Å². The highest BCUT2D eigenvalue weighted by Crippen LogP contribution is 2.16. The third-order valence-corrected chi connectivity index (χ3v) is 3.08. The predicted molar refractivity (Wildman–Crippen MR) is 88.0 cm³/mol. The molecule has 0 spiro atoms. The minimum absolute atomic E-state index is 0.294. The third-order valence-electron chi connectivity index (χ3n) is 3.08. The van der Waals surface area contributed by atoms with Crippen LogP contribution in [-0.2, 0) is 4.74 Å². The summed E-state index contributed by atoms with van der Waals surface area (Å²) in [5.41, 5.74) is 0.967. The van der Waals surface area contributed by atoms with Gasteiger partial charge in [0.1, 0.15) is 23.6 Å². The van der Waals surface area contributed by atoms with Crippen LogP contribution in [0.1, 0.15) is 16.9 Å². The number of carbonyl (C=O) groups is 1. The van der Waals surface area contributed by atoms with E-state index >= 15 is 0 Å². The van der Waals surface area contributed by atoms with Gasteiger partial charge in [0.25, 0.3) is 5.91 Å². The number of benzene rings is 1. The minimum atomic E-state index is -0.294. The molecule has 0 fully saturated rings. The van der Waals surface area contributed by atoms with Gasteiger partial charge in [-0.1, -0.05) is 0 Å². The Balaban J connectivity index is 1.95. The van der Waals surface area contributed by atoms with Gasteiger partial charge in [-0.2, -0.15) is 0 Å². The largest absolute Gasteiger partial charge is 0.497 e. The van der Waals surface area contributed by atoms with E-state index < -0.39 is 0 Å². The van der Waals surface area contributed by atoms with Gasteiger partial charge in [0.2, 0.25) is 0 Å². The van der Waals surface area contributed by atoms with Crippen molar-refractivity contribution in [1.29, 1.82) is 0 Å². The first-order valence-electron chi connectivity index (χ1n) is 7.23. The molecule has 2 N–H and O–H groups in total. The highest BCUT2D eigenvalue weighted by atomic mass is 16.5. The van der Waals surface area contributed by atoms with Gasteiger partial charge < -0.3 is 20.1 Å². The van der Waals surface area contributed by atoms with Gasteiger partial charge in [0, 0.05) is 32.0 Å². The Labute approximate surface area is 135 Å². The van der Waals surface area contributed by atoms with Gasteiger partial charge in [0.05, 0.1) is 7.11 Å². The van der Waals surface area contributed by atoms with Gasteiger partial charge in [-0.3, -0.25) is 4.79 Å². The van der Waals surface area contributed by atoms with Crippen LogP contribution in [0.4, 0.5) is 11.5 Å². The molecule has 23 heavy (non-hydrogen) atoms. The quantitative estimate of drug-likeness (QED) is 0.726. The molecule has 1 aromatic carbocycles. The van der Waals surface area contributed by atoms with Crippen molar-refractivity contribution in [3.63, 3.8) is 0 Å². The molecule has 0 aliphatic carbocycles. The Kier molecular flexibility index (Phi) is 6.31. The van der Waals surface area contributed by atoms with Crippen LogP contribution in [0.5, 0.6) is 5.75 Å². The zero-order valence-electron chi connectivity index (χ0n) is 13.2. The van der Waals surface area contributed by atoms with E-state index in [0.717, 1.165) is 12.2 Å². The van der Waals surface area contributed by atoms with Crippen molar-refractivity contribution in [2.75, 3.05) is 38.0 Å². The van der Waals surface area contributed by atoms with Crippen molar-refractivity contribution in [3.8, 4) is 5.75 Å². The number of amides is 1. The van der Waals surface area contributed by atoms with Crippen LogP contribution >= 0.6 is 0 Å². The monoisotopic (exact) mass is 316 g/mol. The second-order valence-electron chi connectivity index (χ2n) is 4.74. The third kappa shape index (κ3) is 5.23. The van der Waals surface area contributed by atoms with Crippen LogP contribution in [0.25, 0.3) is 0 Å². The lowest BCUT2D eigenvalue weighted by Crippen LogP contribution is -2.15. The Morgan fingerprint density at radius 2 is 1.96 bits per heavy atom. The molecule has 1 heterocycles. The average Bonchev–Trinajstić information content (AvgIpc) is 2.60. The Hall–Kier alpha value is -2.67. The van der Waals surface area contributed by atoms with E-state index in [2.05, 4.69) is 20.6 Å². The normalized spacial score (nSPS) is 10.2. The summed E-state index contributed by atoms with van der Waals surface area (Å²) in [6, 6.07) is 8.70. The molecule has 0 unspecified atom stereocenters. The first kappa shape index (κ1) is 16.7. The van der Waals surface area contributed by atoms with Crippen molar-refractivity contribution in [1.82, 2.24) is 9.97 Å². The fraction of sp³-hybridized carbons (Fsp3) is 0.312. The summed E-state index contributed by atoms with van der Waals surface area (Å²) in [4.78, 5) is 20.3. The number of carbonyl (C=O) groups excluding carboxylic acids is 1. The Morgan fingerprint density at radius 3 is 2.65 bits per heavy atom. The lowest BCUT2D eigenvalue weighted by Gasteiger charge is -2.08. The fourth-order valence-corrected chi connectivity index (χ4v) is 1.88. The maximum absolute atomic E-state index is 12.2. The zero-order chi connectivity index (χ0) is 16.5. The number of anilines is 2. The molecular weight excluding hydrogens is 296 g/mol. The zero-order valence-corrected chi connectivity index (χ0v) is 13.2. The highest BCUT2D eigenvalue weighted by molar-refractivity contribution is 6.03. The van der Waals surface area contributed by atoms with Crippen LogP contribution in [0.15, 0.2) is 36.7 Å². The molecule has 0 saturated carbocycles. The Bertz CT molecular complexity index is 631. The minimum Gasteiger partial charge on any atom is -0.497 e. The van der Waals surface area contributed by atoms with Gasteiger partial charge in [0.15, 0.2) is 0 Å². The average molecular weight is 316 g/mol. The molecule has 0 aliphatic rings. The molecule has 122 valence electrons. The maximum atomic E-state index is 12.2. The SMILES string of the molecule is COCCCNc1cc(C(=O)Nc2ccc(OC)cc2)ncn1. The molecule has 2 aromatic rings. The van der Waals surface area contributed by atoms with Crippen molar-refractivity contribution in [2.24, 2.45) is 0 Å². The number of hydrogen-bond donors (Lipinski definition) is 2. The van der Waals surface area contributed by atoms with Crippen LogP contribution in [0.2, 0.25) is 0 Å². The number of nitrogens with one attached hydrogen (secondary N) is 2. The van der Waals surface area contributed by atoms with Crippen LogP contribution in [0.3, 0.4) is 0 Å². The first-order chi connectivity index (χ1) is 11.2. The van der Waals surface area contributed by atoms with Gasteiger partial charge in [-0.05, 0) is 30.7 Å². The summed E-state index contributed by atoms with van der Waals surface area (Å²) in [7, 11) is 3.25. The van der Waals surface area contributed by atoms with E-state index in [9.17, 15) is 4.79 Å². The molecule has 0 bridgehead atoms. The summed E-state index contributed by atoms with van der Waals surface area (Å²) in [5, 5.41) is 5.91. The van der Waals surface area contributed by atoms with Crippen LogP contribution in [-0.4, -0.2) is 43.2 Å². The van der Waals surface area contributed by atoms with E-state index in [0.29, 0.717) is 30.4 Å². The summed E-state index contributed by atoms with van der Waals surface area (Å²) in [5.74, 6) is 1.04. The topological polar surface area (TPSA) is 85.4 Å². The standard InChI is InChI=1S/C16H20N4O3/c1-22-9-3-8-17-15-10-14(18-11-19-15)16(21)20-12-4-6-13(23-2)7-5-12/h4-7,10-11H,3,8-9H2,1-2H3,(H,20,21)(H,17,18,19). The van der Waals surface area contributed by atoms with Gasteiger partial charge in [-0.15, -0.1) is 0 Å². The molecule has 7 nitrogen and oxygen atoms in total. The van der Waals surface area contributed by atoms with Crippen LogP contribution in [0, 0.1) is 0 Å². The molecule has 2 rings (SSSR count). The summed E-state index contributed by atoms with van der Waals surface area (Å²) in [6.45, 7) is 1.38. The predicted octanol–water partition coefficient (Wildman–Crippen LogP) is 2.19. The number of rotatable bonds is 8. The highest BCUT2D eigenvalue weighted by Gasteiger charge is 2.09. The first-order valence-corrected chi connectivity index (χ1v) is 7.23. The number of hydrogen-bond acceptors (Lipinski definition) is 6. The van der Waals surface area contributed by atoms with Crippen molar-refractivity contribution < 1.29 is 14.3 Å². The number of ether oxygens (including phenoxy) is 2. The summed E-state index contributed by atoms with van der Waals surface area (Å²) >= 11 is 0. The van der Waals surface area contributed by atoms with E-state index in [1.807, 2.05) is 0 Å². The molecule has 0 aliphatic heterocycles. The van der Waals surface area contributed by atoms with E-state index in [-0.39, 0.29) is 5.91 Å². The summed E-state index contributed by atoms with van der Waals surface area (Å²) in [6.07, 6.45) is 2.22. The van der Waals surface area contributed by atoms with Crippen molar-refractivity contribution in [3.05, 3.63) is 42.4 Å². The number of aromatic nitrogens is 2. The second-order valence-corrected chi connectivity index (χ2v) is 4.74. The molecule has 0 saturated heterocycles. The van der Waals surface area contributed by atoms with Crippen molar-refractivity contribution >= 4 is 17.4 Å². The molecule has 0 radical (unpaired) electrons. The molecular formula is C16H20N4O3. The van der Waals surface area contributed by atoms with E-state index in [4.69, 9.17) is 9.47 Å². The lowest BCUT2D eigenvalue weighted by molar-refractivity contribution is 0.102. The molecule has 1 amide bonds.